The molecule has 2 N–H and O–H groups in total. The zero-order valence-electron chi connectivity index (χ0n) is 6.46. The molecule has 0 fully saturated rings. The van der Waals surface area contributed by atoms with Crippen LogP contribution in [0.25, 0.3) is 0 Å². The van der Waals surface area contributed by atoms with Crippen molar-refractivity contribution in [2.75, 3.05) is 13.7 Å². The highest BCUT2D eigenvalue weighted by molar-refractivity contribution is 7.96. The van der Waals surface area contributed by atoms with Gasteiger partial charge in [0.25, 0.3) is 0 Å². The third-order valence-corrected chi connectivity index (χ3v) is 1.28. The first-order valence-electron chi connectivity index (χ1n) is 3.11. The predicted octanol–water partition coefficient (Wildman–Crippen LogP) is 0.817. The molecule has 0 rings (SSSR count). The van der Waals surface area contributed by atoms with Crippen molar-refractivity contribution in [3.8, 4) is 0 Å². The fraction of sp³-hybridized carbons (Fsp3) is 0.500. The van der Waals surface area contributed by atoms with Gasteiger partial charge in [-0.2, -0.15) is 0 Å². The second-order valence-corrected chi connectivity index (χ2v) is 2.05. The summed E-state index contributed by atoms with van der Waals surface area (Å²) in [5.74, 6) is -0.462. The molecule has 0 radical (unpaired) electrons. The van der Waals surface area contributed by atoms with Crippen LogP contribution in [-0.4, -0.2) is 24.2 Å². The summed E-state index contributed by atoms with van der Waals surface area (Å²) in [5.41, 5.74) is 0.249. The first-order chi connectivity index (χ1) is 5.26. The Balaban J connectivity index is 4.03. The Morgan fingerprint density at radius 2 is 2.45 bits per heavy atom. The highest BCUT2D eigenvalue weighted by Gasteiger charge is 2.06. The number of carbonyl (C=O) groups is 1. The minimum atomic E-state index is -0.462. The molecule has 0 spiro atoms. The van der Waals surface area contributed by atoms with Gasteiger partial charge < -0.3 is 14.6 Å². The van der Waals surface area contributed by atoms with Crippen LogP contribution in [0.2, 0.25) is 0 Å². The van der Waals surface area contributed by atoms with Crippen LogP contribution in [-0.2, 0) is 9.53 Å². The fourth-order valence-corrected chi connectivity index (χ4v) is 0.790. The Labute approximate surface area is 69.8 Å². The van der Waals surface area contributed by atoms with Gasteiger partial charge in [-0.15, -0.1) is 0 Å². The van der Waals surface area contributed by atoms with Gasteiger partial charge >= 0.3 is 5.97 Å². The van der Waals surface area contributed by atoms with E-state index in [2.05, 4.69) is 10.1 Å². The number of ether oxygens (including phenoxy) is 1. The van der Waals surface area contributed by atoms with Crippen LogP contribution in [0.1, 0.15) is 6.92 Å². The largest absolute Gasteiger partial charge is 0.461 e. The molecular weight excluding hydrogens is 166 g/mol. The molecule has 0 aliphatic rings. The van der Waals surface area contributed by atoms with Crippen LogP contribution < -0.4 is 5.32 Å². The fourth-order valence-electron chi connectivity index (χ4n) is 0.471. The summed E-state index contributed by atoms with van der Waals surface area (Å²) in [6, 6.07) is 0. The lowest BCUT2D eigenvalue weighted by Crippen LogP contribution is -2.18. The van der Waals surface area contributed by atoms with E-state index in [1.165, 1.54) is 5.41 Å². The van der Waals surface area contributed by atoms with Crippen molar-refractivity contribution in [3.63, 3.8) is 0 Å². The van der Waals surface area contributed by atoms with Gasteiger partial charge in [-0.05, 0) is 6.92 Å². The summed E-state index contributed by atoms with van der Waals surface area (Å²) >= 11 is 0.463. The van der Waals surface area contributed by atoms with Gasteiger partial charge in [-0.3, -0.25) is 0 Å². The zero-order valence-corrected chi connectivity index (χ0v) is 7.27. The highest BCUT2D eigenvalue weighted by atomic mass is 32.2. The predicted molar refractivity (Wildman–Crippen MR) is 44.0 cm³/mol. The van der Waals surface area contributed by atoms with E-state index < -0.39 is 5.97 Å². The topological polar surface area (TPSA) is 58.6 Å². The van der Waals surface area contributed by atoms with Crippen molar-refractivity contribution in [2.45, 2.75) is 6.92 Å². The van der Waals surface area contributed by atoms with Crippen LogP contribution in [0.15, 0.2) is 11.1 Å². The molecule has 0 aliphatic heterocycles. The van der Waals surface area contributed by atoms with E-state index in [1.807, 2.05) is 0 Å². The Bertz CT molecular complexity index is 158. The summed E-state index contributed by atoms with van der Waals surface area (Å²) < 4.78 is 13.0. The summed E-state index contributed by atoms with van der Waals surface area (Å²) in [6.45, 7) is 2.05. The van der Waals surface area contributed by atoms with Crippen LogP contribution in [0.5, 0.6) is 0 Å². The molecule has 0 saturated heterocycles. The number of nitrogens with one attached hydrogen (secondary N) is 1. The van der Waals surface area contributed by atoms with Crippen molar-refractivity contribution < 1.29 is 14.1 Å². The molecule has 0 unspecified atom stereocenters. The van der Waals surface area contributed by atoms with E-state index in [1.54, 1.807) is 14.0 Å². The van der Waals surface area contributed by atoms with Gasteiger partial charge in [0.05, 0.1) is 6.61 Å². The molecule has 11 heavy (non-hydrogen) atoms. The first-order valence-corrected chi connectivity index (χ1v) is 3.95. The van der Waals surface area contributed by atoms with E-state index >= 15 is 0 Å². The lowest BCUT2D eigenvalue weighted by molar-refractivity contribution is -0.138. The van der Waals surface area contributed by atoms with Gasteiger partial charge in [0.2, 0.25) is 0 Å². The van der Waals surface area contributed by atoms with Crippen LogP contribution in [0.4, 0.5) is 0 Å². The second-order valence-electron chi connectivity index (χ2n) is 1.61. The molecule has 64 valence electrons. The van der Waals surface area contributed by atoms with Crippen LogP contribution >= 0.6 is 12.0 Å². The molecule has 0 saturated carbocycles. The lowest BCUT2D eigenvalue weighted by Gasteiger charge is -2.03. The van der Waals surface area contributed by atoms with E-state index in [0.29, 0.717) is 18.6 Å². The number of hydrogen-bond acceptors (Lipinski definition) is 5. The second kappa shape index (κ2) is 6.06. The Hall–Kier alpha value is -0.680. The molecule has 4 nitrogen and oxygen atoms in total. The smallest absolute Gasteiger partial charge is 0.354 e. The maximum atomic E-state index is 10.9. The lowest BCUT2D eigenvalue weighted by atomic mass is 10.5. The third-order valence-electron chi connectivity index (χ3n) is 0.935. The van der Waals surface area contributed by atoms with Crippen molar-refractivity contribution in [1.29, 1.82) is 0 Å². The van der Waals surface area contributed by atoms with E-state index in [4.69, 9.17) is 4.55 Å². The minimum Gasteiger partial charge on any atom is -0.461 e. The standard InChI is InChI=1S/C6H11NO3S/c1-3-10-6(8)5(7-2)4-11-9/h4,7,9H,3H2,1-2H3/b5-4-. The monoisotopic (exact) mass is 177 g/mol. The number of likely N-dealkylation sites (N-methyl/N-ethyl adjacent to an activating group) is 1. The number of hydrogen-bond donors (Lipinski definition) is 2. The average Bonchev–Trinajstić information content (AvgIpc) is 2.00. The molecule has 0 amide bonds. The molecule has 0 aromatic rings. The summed E-state index contributed by atoms with van der Waals surface area (Å²) in [5, 5.41) is 3.87. The van der Waals surface area contributed by atoms with Gasteiger partial charge in [-0.25, -0.2) is 4.79 Å². The Morgan fingerprint density at radius 1 is 1.82 bits per heavy atom. The van der Waals surface area contributed by atoms with Crippen molar-refractivity contribution in [2.24, 2.45) is 0 Å². The number of rotatable bonds is 4. The van der Waals surface area contributed by atoms with E-state index in [0.717, 1.165) is 0 Å². The average molecular weight is 177 g/mol. The number of carbonyl (C=O) groups excluding carboxylic acids is 1. The summed E-state index contributed by atoms with van der Waals surface area (Å²) in [6.07, 6.45) is 0. The molecule has 0 atom stereocenters. The van der Waals surface area contributed by atoms with Gasteiger partial charge in [0, 0.05) is 24.5 Å². The van der Waals surface area contributed by atoms with Gasteiger partial charge in [0.1, 0.15) is 5.70 Å². The van der Waals surface area contributed by atoms with Crippen molar-refractivity contribution in [3.05, 3.63) is 11.1 Å². The normalized spacial score (nSPS) is 11.0. The maximum Gasteiger partial charge on any atom is 0.354 e. The molecule has 0 heterocycles. The molecule has 0 aromatic heterocycles. The van der Waals surface area contributed by atoms with Crippen LogP contribution in [0.3, 0.4) is 0 Å². The van der Waals surface area contributed by atoms with E-state index in [-0.39, 0.29) is 5.70 Å². The molecular formula is C6H11NO3S. The quantitative estimate of drug-likeness (QED) is 0.378. The molecule has 5 heteroatoms. The molecule has 0 aromatic carbocycles. The van der Waals surface area contributed by atoms with Gasteiger partial charge in [-0.1, -0.05) is 0 Å². The SMILES string of the molecule is CCOC(=O)/C(=C/SO)NC. The van der Waals surface area contributed by atoms with Crippen LogP contribution in [0, 0.1) is 0 Å². The van der Waals surface area contributed by atoms with Crippen molar-refractivity contribution in [1.82, 2.24) is 5.32 Å². The maximum absolute atomic E-state index is 10.9. The third kappa shape index (κ3) is 3.90. The Morgan fingerprint density at radius 3 is 2.82 bits per heavy atom. The zero-order chi connectivity index (χ0) is 8.69. The minimum absolute atomic E-state index is 0.249. The van der Waals surface area contributed by atoms with Gasteiger partial charge in [0.15, 0.2) is 0 Å². The van der Waals surface area contributed by atoms with Crippen molar-refractivity contribution >= 4 is 18.0 Å². The summed E-state index contributed by atoms with van der Waals surface area (Å²) in [7, 11) is 1.58. The summed E-state index contributed by atoms with van der Waals surface area (Å²) in [4.78, 5) is 10.9. The first kappa shape index (κ1) is 10.3. The Kier molecular flexibility index (Phi) is 5.68. The highest BCUT2D eigenvalue weighted by Crippen LogP contribution is 2.00. The molecule has 0 aliphatic carbocycles. The van der Waals surface area contributed by atoms with E-state index in [9.17, 15) is 4.79 Å². The molecule has 0 bridgehead atoms. The number of esters is 1.